The molecule has 1 aromatic rings. The van der Waals surface area contributed by atoms with E-state index in [9.17, 15) is 0 Å². The second-order valence-corrected chi connectivity index (χ2v) is 3.94. The van der Waals surface area contributed by atoms with Gasteiger partial charge in [0.2, 0.25) is 0 Å². The summed E-state index contributed by atoms with van der Waals surface area (Å²) in [7, 11) is 0. The summed E-state index contributed by atoms with van der Waals surface area (Å²) in [6.07, 6.45) is 8.04. The molecule has 4 N–H and O–H groups in total. The third-order valence-electron chi connectivity index (χ3n) is 2.38. The normalized spacial score (nSPS) is 27.0. The van der Waals surface area contributed by atoms with Gasteiger partial charge in [0, 0.05) is 22.4 Å². The van der Waals surface area contributed by atoms with Crippen molar-refractivity contribution in [2.24, 2.45) is 11.5 Å². The number of hydrogen-bond acceptors (Lipinski definition) is 3. The zero-order chi connectivity index (χ0) is 10.2. The fourth-order valence-corrected chi connectivity index (χ4v) is 1.58. The molecular weight excluding hydrogens is 176 g/mol. The van der Waals surface area contributed by atoms with Crippen LogP contribution in [0.25, 0.3) is 5.57 Å². The van der Waals surface area contributed by atoms with Gasteiger partial charge in [-0.15, -0.1) is 0 Å². The lowest BCUT2D eigenvalue weighted by molar-refractivity contribution is 0.566. The Morgan fingerprint density at radius 2 is 2.29 bits per heavy atom. The second-order valence-electron chi connectivity index (χ2n) is 3.94. The predicted molar refractivity (Wildman–Crippen MR) is 56.2 cm³/mol. The predicted octanol–water partition coefficient (Wildman–Crippen LogP) is 1.63. The van der Waals surface area contributed by atoms with Crippen LogP contribution in [0, 0.1) is 0 Å². The van der Waals surface area contributed by atoms with Gasteiger partial charge < -0.3 is 15.9 Å². The maximum absolute atomic E-state index is 6.03. The molecule has 0 aromatic carbocycles. The number of allylic oxidation sites excluding steroid dienone is 1. The molecule has 1 atom stereocenters. The molecular formula is C11H14N2O. The Labute approximate surface area is 83.1 Å². The Morgan fingerprint density at radius 1 is 1.50 bits per heavy atom. The van der Waals surface area contributed by atoms with Gasteiger partial charge in [0.25, 0.3) is 0 Å². The molecule has 3 heteroatoms. The van der Waals surface area contributed by atoms with Gasteiger partial charge in [-0.05, 0) is 19.4 Å². The first-order chi connectivity index (χ1) is 6.58. The Hall–Kier alpha value is -1.48. The van der Waals surface area contributed by atoms with E-state index in [0.29, 0.717) is 0 Å². The van der Waals surface area contributed by atoms with Crippen molar-refractivity contribution < 1.29 is 4.42 Å². The van der Waals surface area contributed by atoms with Crippen LogP contribution in [0.4, 0.5) is 0 Å². The van der Waals surface area contributed by atoms with Crippen molar-refractivity contribution in [3.05, 3.63) is 42.0 Å². The van der Waals surface area contributed by atoms with Crippen molar-refractivity contribution >= 4 is 5.57 Å². The lowest BCUT2D eigenvalue weighted by atomic mass is 9.87. The molecule has 1 aliphatic carbocycles. The van der Waals surface area contributed by atoms with Crippen LogP contribution in [0.1, 0.15) is 18.9 Å². The van der Waals surface area contributed by atoms with E-state index in [0.717, 1.165) is 23.3 Å². The van der Waals surface area contributed by atoms with Crippen LogP contribution in [0.15, 0.2) is 40.9 Å². The molecule has 1 heterocycles. The molecule has 0 aliphatic heterocycles. The van der Waals surface area contributed by atoms with Gasteiger partial charge in [-0.2, -0.15) is 0 Å². The van der Waals surface area contributed by atoms with Crippen LogP contribution in [0.2, 0.25) is 0 Å². The molecule has 1 unspecified atom stereocenters. The molecule has 1 aromatic heterocycles. The summed E-state index contributed by atoms with van der Waals surface area (Å²) in [6, 6.07) is 1.88. The smallest absolute Gasteiger partial charge is 0.0981 e. The van der Waals surface area contributed by atoms with E-state index in [1.807, 2.05) is 25.1 Å². The monoisotopic (exact) mass is 190 g/mol. The summed E-state index contributed by atoms with van der Waals surface area (Å²) in [5.41, 5.74) is 14.3. The van der Waals surface area contributed by atoms with Gasteiger partial charge in [-0.25, -0.2) is 0 Å². The number of hydrogen-bond donors (Lipinski definition) is 2. The van der Waals surface area contributed by atoms with E-state index < -0.39 is 0 Å². The van der Waals surface area contributed by atoms with E-state index in [4.69, 9.17) is 15.9 Å². The van der Waals surface area contributed by atoms with Gasteiger partial charge in [0.15, 0.2) is 0 Å². The van der Waals surface area contributed by atoms with Crippen LogP contribution in [-0.4, -0.2) is 5.54 Å². The quantitative estimate of drug-likeness (QED) is 0.707. The van der Waals surface area contributed by atoms with Crippen LogP contribution in [-0.2, 0) is 0 Å². The Morgan fingerprint density at radius 3 is 2.93 bits per heavy atom. The van der Waals surface area contributed by atoms with Crippen LogP contribution in [0.5, 0.6) is 0 Å². The Bertz CT molecular complexity index is 385. The molecule has 14 heavy (non-hydrogen) atoms. The highest BCUT2D eigenvalue weighted by Gasteiger charge is 2.21. The molecule has 0 saturated carbocycles. The van der Waals surface area contributed by atoms with Crippen LogP contribution in [0.3, 0.4) is 0 Å². The Balaban J connectivity index is 2.42. The van der Waals surface area contributed by atoms with E-state index in [1.54, 1.807) is 12.5 Å². The van der Waals surface area contributed by atoms with Gasteiger partial charge in [-0.3, -0.25) is 0 Å². The maximum atomic E-state index is 6.03. The minimum atomic E-state index is -0.310. The summed E-state index contributed by atoms with van der Waals surface area (Å²) in [4.78, 5) is 0. The molecule has 0 amide bonds. The van der Waals surface area contributed by atoms with E-state index in [-0.39, 0.29) is 5.54 Å². The molecule has 0 bridgehead atoms. The zero-order valence-electron chi connectivity index (χ0n) is 8.16. The highest BCUT2D eigenvalue weighted by molar-refractivity contribution is 5.79. The van der Waals surface area contributed by atoms with E-state index in [1.165, 1.54) is 0 Å². The second kappa shape index (κ2) is 3.03. The molecule has 0 saturated heterocycles. The first-order valence-electron chi connectivity index (χ1n) is 4.59. The van der Waals surface area contributed by atoms with E-state index >= 15 is 0 Å². The molecule has 2 rings (SSSR count). The third-order valence-corrected chi connectivity index (χ3v) is 2.38. The average molecular weight is 190 g/mol. The molecule has 3 nitrogen and oxygen atoms in total. The lowest BCUT2D eigenvalue weighted by Crippen LogP contribution is -2.35. The minimum Gasteiger partial charge on any atom is -0.472 e. The summed E-state index contributed by atoms with van der Waals surface area (Å²) >= 11 is 0. The van der Waals surface area contributed by atoms with Gasteiger partial charge in [-0.1, -0.05) is 12.2 Å². The fourth-order valence-electron chi connectivity index (χ4n) is 1.58. The topological polar surface area (TPSA) is 65.2 Å². The molecule has 0 spiro atoms. The summed E-state index contributed by atoms with van der Waals surface area (Å²) in [5, 5.41) is 0. The highest BCUT2D eigenvalue weighted by atomic mass is 16.3. The van der Waals surface area contributed by atoms with Gasteiger partial charge >= 0.3 is 0 Å². The van der Waals surface area contributed by atoms with Crippen molar-refractivity contribution in [1.82, 2.24) is 0 Å². The number of nitrogens with two attached hydrogens (primary N) is 2. The minimum absolute atomic E-state index is 0.310. The van der Waals surface area contributed by atoms with Crippen molar-refractivity contribution in [3.63, 3.8) is 0 Å². The summed E-state index contributed by atoms with van der Waals surface area (Å²) in [6.45, 7) is 1.98. The standard InChI is InChI=1S/C11H14N2O/c1-11(13)4-2-10(12)9(6-11)8-3-5-14-7-8/h2-3,5-7H,4,12-13H2,1H3. The molecule has 1 aliphatic rings. The third kappa shape index (κ3) is 1.59. The lowest BCUT2D eigenvalue weighted by Gasteiger charge is -2.25. The summed E-state index contributed by atoms with van der Waals surface area (Å²) < 4.78 is 5.02. The van der Waals surface area contributed by atoms with Crippen molar-refractivity contribution in [2.75, 3.05) is 0 Å². The fraction of sp³-hybridized carbons (Fsp3) is 0.273. The number of rotatable bonds is 1. The highest BCUT2D eigenvalue weighted by Crippen LogP contribution is 2.29. The molecule has 0 fully saturated rings. The SMILES string of the molecule is CC1(N)C=C(c2ccoc2)C(N)=CC1. The average Bonchev–Trinajstić information content (AvgIpc) is 2.62. The van der Waals surface area contributed by atoms with Crippen molar-refractivity contribution in [2.45, 2.75) is 18.9 Å². The largest absolute Gasteiger partial charge is 0.472 e. The van der Waals surface area contributed by atoms with Crippen molar-refractivity contribution in [1.29, 1.82) is 0 Å². The maximum Gasteiger partial charge on any atom is 0.0981 e. The van der Waals surface area contributed by atoms with Crippen LogP contribution < -0.4 is 11.5 Å². The van der Waals surface area contributed by atoms with E-state index in [2.05, 4.69) is 0 Å². The van der Waals surface area contributed by atoms with Gasteiger partial charge in [0.1, 0.15) is 0 Å². The number of furan rings is 1. The Kier molecular flexibility index (Phi) is 1.97. The summed E-state index contributed by atoms with van der Waals surface area (Å²) in [5.74, 6) is 0. The van der Waals surface area contributed by atoms with Gasteiger partial charge in [0.05, 0.1) is 12.5 Å². The zero-order valence-corrected chi connectivity index (χ0v) is 8.16. The first-order valence-corrected chi connectivity index (χ1v) is 4.59. The molecule has 0 radical (unpaired) electrons. The first kappa shape index (κ1) is 9.09. The molecule has 74 valence electrons. The van der Waals surface area contributed by atoms with Crippen LogP contribution >= 0.6 is 0 Å². The van der Waals surface area contributed by atoms with Crippen molar-refractivity contribution in [3.8, 4) is 0 Å².